The predicted octanol–water partition coefficient (Wildman–Crippen LogP) is 2.16. The third-order valence-electron chi connectivity index (χ3n) is 3.50. The van der Waals surface area contributed by atoms with Crippen molar-refractivity contribution in [3.8, 4) is 23.3 Å². The molecule has 3 rings (SSSR count). The molecule has 0 bridgehead atoms. The van der Waals surface area contributed by atoms with Gasteiger partial charge in [-0.15, -0.1) is 9.24 Å². The quantitative estimate of drug-likeness (QED) is 0.757. The van der Waals surface area contributed by atoms with Gasteiger partial charge in [-0.3, -0.25) is 4.57 Å². The highest BCUT2D eigenvalue weighted by Gasteiger charge is 2.47. The van der Waals surface area contributed by atoms with E-state index >= 15 is 0 Å². The minimum atomic E-state index is -0.655. The molecule has 1 unspecified atom stereocenters. The zero-order valence-corrected chi connectivity index (χ0v) is 10.6. The Morgan fingerprint density at radius 2 is 1.59 bits per heavy atom. The van der Waals surface area contributed by atoms with Gasteiger partial charge >= 0.3 is 0 Å². The summed E-state index contributed by atoms with van der Waals surface area (Å²) < 4.78 is 12.9. The topological polar surface area (TPSA) is 63.9 Å². The lowest BCUT2D eigenvalue weighted by molar-refractivity contribution is -0.108. The van der Waals surface area contributed by atoms with Crippen LogP contribution in [0.2, 0.25) is 0 Å². The molecule has 94 valence electrons. The molecule has 1 fully saturated rings. The molecule has 2 aliphatic rings. The van der Waals surface area contributed by atoms with Gasteiger partial charge in [0, 0.05) is 19.1 Å². The van der Waals surface area contributed by atoms with Crippen LogP contribution in [0.25, 0.3) is 0 Å². The van der Waals surface area contributed by atoms with Gasteiger partial charge in [-0.05, 0) is 12.8 Å². The summed E-state index contributed by atoms with van der Waals surface area (Å²) in [7, 11) is 2.43. The fourth-order valence-electron chi connectivity index (χ4n) is 2.59. The van der Waals surface area contributed by atoms with Crippen LogP contribution in [-0.2, 0) is 6.29 Å². The molecule has 0 radical (unpaired) electrons. The molecular weight excluding hydrogens is 241 g/mol. The molecule has 2 heterocycles. The van der Waals surface area contributed by atoms with Crippen LogP contribution in [0.1, 0.15) is 32.1 Å². The van der Waals surface area contributed by atoms with Gasteiger partial charge in [0.15, 0.2) is 0 Å². The normalized spacial score (nSPS) is 21.0. The van der Waals surface area contributed by atoms with Gasteiger partial charge in [0.25, 0.3) is 5.79 Å². The molecule has 5 nitrogen and oxygen atoms in total. The number of hydrogen-bond acceptors (Lipinski definition) is 4. The van der Waals surface area contributed by atoms with Crippen LogP contribution in [0.5, 0.6) is 23.3 Å². The Kier molecular flexibility index (Phi) is 2.40. The first-order chi connectivity index (χ1) is 8.17. The molecule has 1 aliphatic heterocycles. The zero-order chi connectivity index (χ0) is 12.0. The van der Waals surface area contributed by atoms with Gasteiger partial charge in [0.1, 0.15) is 0 Å². The van der Waals surface area contributed by atoms with Crippen LogP contribution in [0, 0.1) is 0 Å². The Morgan fingerprint density at radius 3 is 2.06 bits per heavy atom. The van der Waals surface area contributed by atoms with Crippen LogP contribution in [0.4, 0.5) is 0 Å². The van der Waals surface area contributed by atoms with Crippen molar-refractivity contribution in [3.05, 3.63) is 0 Å². The molecule has 17 heavy (non-hydrogen) atoms. The standard InChI is InChI=1S/C11H16NO4P/c13-9-7-8(10(14)12(9)6-17)16-11(15-7)4-2-1-3-5-11/h13-14H,1-6,17H2. The second-order valence-corrected chi connectivity index (χ2v) is 4.96. The molecule has 0 saturated heterocycles. The smallest absolute Gasteiger partial charge is 0.252 e. The van der Waals surface area contributed by atoms with E-state index in [0.29, 0.717) is 6.29 Å². The second-order valence-electron chi connectivity index (χ2n) is 4.59. The van der Waals surface area contributed by atoms with Crippen molar-refractivity contribution in [1.82, 2.24) is 4.57 Å². The molecule has 1 spiro atoms. The van der Waals surface area contributed by atoms with Gasteiger partial charge in [-0.25, -0.2) is 0 Å². The first-order valence-electron chi connectivity index (χ1n) is 5.89. The van der Waals surface area contributed by atoms with Crippen molar-refractivity contribution >= 4 is 9.24 Å². The number of nitrogens with zero attached hydrogens (tertiary/aromatic N) is 1. The van der Waals surface area contributed by atoms with Crippen molar-refractivity contribution in [1.29, 1.82) is 0 Å². The number of ether oxygens (including phenoxy) is 2. The van der Waals surface area contributed by atoms with Gasteiger partial charge in [-0.1, -0.05) is 6.42 Å². The summed E-state index contributed by atoms with van der Waals surface area (Å²) in [6, 6.07) is 0. The number of aromatic nitrogens is 1. The Morgan fingerprint density at radius 1 is 1.06 bits per heavy atom. The molecule has 1 atom stereocenters. The highest BCUT2D eigenvalue weighted by molar-refractivity contribution is 7.15. The fourth-order valence-corrected chi connectivity index (χ4v) is 2.94. The molecule has 6 heteroatoms. The van der Waals surface area contributed by atoms with Crippen molar-refractivity contribution < 1.29 is 19.7 Å². The van der Waals surface area contributed by atoms with Crippen molar-refractivity contribution in [3.63, 3.8) is 0 Å². The van der Waals surface area contributed by atoms with E-state index < -0.39 is 5.79 Å². The van der Waals surface area contributed by atoms with Crippen molar-refractivity contribution in [2.24, 2.45) is 0 Å². The van der Waals surface area contributed by atoms with Crippen LogP contribution >= 0.6 is 9.24 Å². The summed E-state index contributed by atoms with van der Waals surface area (Å²) >= 11 is 0. The second kappa shape index (κ2) is 3.70. The Hall–Kier alpha value is -1.09. The van der Waals surface area contributed by atoms with Gasteiger partial charge in [0.05, 0.1) is 0 Å². The predicted molar refractivity (Wildman–Crippen MR) is 64.5 cm³/mol. The summed E-state index contributed by atoms with van der Waals surface area (Å²) in [5.41, 5.74) is 0. The molecule has 1 aromatic rings. The fraction of sp³-hybridized carbons (Fsp3) is 0.636. The highest BCUT2D eigenvalue weighted by atomic mass is 31.0. The first kappa shape index (κ1) is 11.0. The third-order valence-corrected chi connectivity index (χ3v) is 3.86. The van der Waals surface area contributed by atoms with E-state index in [9.17, 15) is 10.2 Å². The minimum Gasteiger partial charge on any atom is -0.492 e. The lowest BCUT2D eigenvalue weighted by atomic mass is 9.94. The van der Waals surface area contributed by atoms with E-state index in [2.05, 4.69) is 9.24 Å². The van der Waals surface area contributed by atoms with Crippen molar-refractivity contribution in [2.45, 2.75) is 44.2 Å². The van der Waals surface area contributed by atoms with E-state index in [1.807, 2.05) is 0 Å². The molecule has 1 aliphatic carbocycles. The highest BCUT2D eigenvalue weighted by Crippen LogP contribution is 2.56. The third kappa shape index (κ3) is 1.48. The lowest BCUT2D eigenvalue weighted by Crippen LogP contribution is -2.40. The molecule has 0 amide bonds. The van der Waals surface area contributed by atoms with Gasteiger partial charge in [0.2, 0.25) is 23.3 Å². The Bertz CT molecular complexity index is 419. The van der Waals surface area contributed by atoms with E-state index in [0.717, 1.165) is 25.7 Å². The molecule has 1 aromatic heterocycles. The SMILES string of the molecule is Oc1c2c(c(O)n1CP)OC1(CCCCC1)O2. The van der Waals surface area contributed by atoms with E-state index in [4.69, 9.17) is 9.47 Å². The molecule has 2 N–H and O–H groups in total. The maximum Gasteiger partial charge on any atom is 0.252 e. The van der Waals surface area contributed by atoms with E-state index in [1.54, 1.807) is 0 Å². The van der Waals surface area contributed by atoms with Crippen LogP contribution in [-0.4, -0.2) is 20.6 Å². The van der Waals surface area contributed by atoms with Crippen LogP contribution in [0.3, 0.4) is 0 Å². The average molecular weight is 257 g/mol. The number of aromatic hydroxyl groups is 2. The molecule has 1 saturated carbocycles. The largest absolute Gasteiger partial charge is 0.492 e. The van der Waals surface area contributed by atoms with E-state index in [-0.39, 0.29) is 23.3 Å². The maximum atomic E-state index is 9.93. The average Bonchev–Trinajstić information content (AvgIpc) is 2.78. The summed E-state index contributed by atoms with van der Waals surface area (Å²) in [4.78, 5) is 0. The maximum absolute atomic E-state index is 9.93. The summed E-state index contributed by atoms with van der Waals surface area (Å²) in [6.45, 7) is 0. The van der Waals surface area contributed by atoms with E-state index in [1.165, 1.54) is 11.0 Å². The Labute approximate surface area is 102 Å². The van der Waals surface area contributed by atoms with Crippen LogP contribution in [0.15, 0.2) is 0 Å². The monoisotopic (exact) mass is 257 g/mol. The van der Waals surface area contributed by atoms with Crippen molar-refractivity contribution in [2.75, 3.05) is 0 Å². The summed E-state index contributed by atoms with van der Waals surface area (Å²) in [6.07, 6.45) is 5.29. The summed E-state index contributed by atoms with van der Waals surface area (Å²) in [5, 5.41) is 19.9. The number of fused-ring (bicyclic) bond motifs is 1. The molecular formula is C11H16NO4P. The molecule has 0 aromatic carbocycles. The van der Waals surface area contributed by atoms with Crippen LogP contribution < -0.4 is 9.47 Å². The van der Waals surface area contributed by atoms with Gasteiger partial charge < -0.3 is 19.7 Å². The number of hydrogen-bond donors (Lipinski definition) is 2. The first-order valence-corrected chi connectivity index (χ1v) is 6.71. The minimum absolute atomic E-state index is 0.0602. The summed E-state index contributed by atoms with van der Waals surface area (Å²) in [5.74, 6) is -0.207. The zero-order valence-electron chi connectivity index (χ0n) is 9.48. The number of rotatable bonds is 1. The lowest BCUT2D eigenvalue weighted by Gasteiger charge is -2.31. The van der Waals surface area contributed by atoms with Gasteiger partial charge in [-0.2, -0.15) is 0 Å². The Balaban J connectivity index is 1.96.